The maximum absolute atomic E-state index is 12.0. The van der Waals surface area contributed by atoms with Gasteiger partial charge in [0.15, 0.2) is 6.10 Å². The number of halogens is 2. The minimum atomic E-state index is -1.32. The first-order valence-corrected chi connectivity index (χ1v) is 7.03. The molecule has 0 unspecified atom stereocenters. The SMILES string of the molecule is Cc1cncc(CNC(=O)[C@H](O)c2cc(Cl)cc(Cl)c2)c1. The molecule has 1 atom stereocenters. The highest BCUT2D eigenvalue weighted by atomic mass is 35.5. The van der Waals surface area contributed by atoms with Crippen molar-refractivity contribution in [3.8, 4) is 0 Å². The normalized spacial score (nSPS) is 12.0. The number of hydrogen-bond donors (Lipinski definition) is 2. The summed E-state index contributed by atoms with van der Waals surface area (Å²) in [6.07, 6.45) is 2.07. The zero-order valence-electron chi connectivity index (χ0n) is 11.3. The van der Waals surface area contributed by atoms with E-state index in [0.29, 0.717) is 22.2 Å². The van der Waals surface area contributed by atoms with E-state index in [0.717, 1.165) is 11.1 Å². The van der Waals surface area contributed by atoms with Gasteiger partial charge in [0.25, 0.3) is 5.91 Å². The second-order valence-corrected chi connectivity index (χ2v) is 5.57. The van der Waals surface area contributed by atoms with E-state index in [4.69, 9.17) is 23.2 Å². The third-order valence-corrected chi connectivity index (χ3v) is 3.28. The fourth-order valence-electron chi connectivity index (χ4n) is 1.88. The predicted molar refractivity (Wildman–Crippen MR) is 82.2 cm³/mol. The molecule has 0 aliphatic carbocycles. The van der Waals surface area contributed by atoms with Crippen LogP contribution in [0.15, 0.2) is 36.7 Å². The van der Waals surface area contributed by atoms with Crippen molar-refractivity contribution >= 4 is 29.1 Å². The molecule has 0 aliphatic rings. The Kier molecular flexibility index (Phi) is 5.17. The Morgan fingerprint density at radius 3 is 2.52 bits per heavy atom. The molecule has 0 saturated heterocycles. The van der Waals surface area contributed by atoms with E-state index >= 15 is 0 Å². The highest BCUT2D eigenvalue weighted by molar-refractivity contribution is 6.34. The molecule has 0 fully saturated rings. The summed E-state index contributed by atoms with van der Waals surface area (Å²) in [6, 6.07) is 6.46. The van der Waals surface area contributed by atoms with Gasteiger partial charge in [0.2, 0.25) is 0 Å². The van der Waals surface area contributed by atoms with Crippen molar-refractivity contribution in [2.24, 2.45) is 0 Å². The van der Waals surface area contributed by atoms with Crippen LogP contribution in [0, 0.1) is 6.92 Å². The Bertz CT molecular complexity index is 642. The van der Waals surface area contributed by atoms with Crippen molar-refractivity contribution in [3.63, 3.8) is 0 Å². The number of nitrogens with one attached hydrogen (secondary N) is 1. The Morgan fingerprint density at radius 2 is 1.90 bits per heavy atom. The smallest absolute Gasteiger partial charge is 0.253 e. The average molecular weight is 325 g/mol. The van der Waals surface area contributed by atoms with E-state index in [-0.39, 0.29) is 0 Å². The average Bonchev–Trinajstić information content (AvgIpc) is 2.43. The molecule has 2 aromatic rings. The van der Waals surface area contributed by atoms with Crippen molar-refractivity contribution in [3.05, 3.63) is 63.4 Å². The van der Waals surface area contributed by atoms with Gasteiger partial charge in [0.1, 0.15) is 0 Å². The summed E-state index contributed by atoms with van der Waals surface area (Å²) in [5.74, 6) is -0.519. The number of rotatable bonds is 4. The van der Waals surface area contributed by atoms with Gasteiger partial charge in [-0.2, -0.15) is 0 Å². The van der Waals surface area contributed by atoms with Crippen molar-refractivity contribution in [2.45, 2.75) is 19.6 Å². The number of aryl methyl sites for hydroxylation is 1. The topological polar surface area (TPSA) is 62.2 Å². The second kappa shape index (κ2) is 6.89. The number of aliphatic hydroxyl groups is 1. The molecule has 110 valence electrons. The molecule has 0 bridgehead atoms. The molecule has 0 aliphatic heterocycles. The number of aliphatic hydroxyl groups excluding tert-OH is 1. The molecule has 1 amide bonds. The molecule has 1 heterocycles. The summed E-state index contributed by atoms with van der Waals surface area (Å²) in [7, 11) is 0. The zero-order valence-corrected chi connectivity index (χ0v) is 12.8. The Morgan fingerprint density at radius 1 is 1.24 bits per heavy atom. The number of carbonyl (C=O) groups is 1. The molecule has 6 heteroatoms. The summed E-state index contributed by atoms with van der Waals surface area (Å²) in [5, 5.41) is 13.4. The number of nitrogens with zero attached hydrogens (tertiary/aromatic N) is 1. The monoisotopic (exact) mass is 324 g/mol. The molecule has 0 spiro atoms. The van der Waals surface area contributed by atoms with E-state index in [1.54, 1.807) is 12.4 Å². The van der Waals surface area contributed by atoms with Crippen molar-refractivity contribution in [1.82, 2.24) is 10.3 Å². The van der Waals surface area contributed by atoms with Gasteiger partial charge >= 0.3 is 0 Å². The van der Waals surface area contributed by atoms with E-state index in [1.807, 2.05) is 13.0 Å². The molecule has 1 aromatic heterocycles. The maximum atomic E-state index is 12.0. The fraction of sp³-hybridized carbons (Fsp3) is 0.200. The van der Waals surface area contributed by atoms with Gasteiger partial charge in [0.05, 0.1) is 0 Å². The van der Waals surface area contributed by atoms with Crippen molar-refractivity contribution < 1.29 is 9.90 Å². The van der Waals surface area contributed by atoms with Crippen LogP contribution in [0.5, 0.6) is 0 Å². The minimum Gasteiger partial charge on any atom is -0.378 e. The van der Waals surface area contributed by atoms with E-state index in [9.17, 15) is 9.90 Å². The largest absolute Gasteiger partial charge is 0.378 e. The zero-order chi connectivity index (χ0) is 15.4. The number of benzene rings is 1. The Balaban J connectivity index is 2.02. The lowest BCUT2D eigenvalue weighted by Crippen LogP contribution is -2.28. The van der Waals surface area contributed by atoms with Gasteiger partial charge in [-0.25, -0.2) is 0 Å². The Labute approximate surface area is 132 Å². The van der Waals surface area contributed by atoms with E-state index in [2.05, 4.69) is 10.3 Å². The summed E-state index contributed by atoms with van der Waals surface area (Å²) in [6.45, 7) is 2.21. The molecule has 4 nitrogen and oxygen atoms in total. The summed E-state index contributed by atoms with van der Waals surface area (Å²) in [5.41, 5.74) is 2.22. The third-order valence-electron chi connectivity index (χ3n) is 2.85. The van der Waals surface area contributed by atoms with Crippen LogP contribution in [-0.2, 0) is 11.3 Å². The first kappa shape index (κ1) is 15.8. The lowest BCUT2D eigenvalue weighted by Gasteiger charge is -2.12. The van der Waals surface area contributed by atoms with E-state index < -0.39 is 12.0 Å². The molecule has 2 N–H and O–H groups in total. The fourth-order valence-corrected chi connectivity index (χ4v) is 2.43. The van der Waals surface area contributed by atoms with Crippen LogP contribution in [0.3, 0.4) is 0 Å². The maximum Gasteiger partial charge on any atom is 0.253 e. The minimum absolute atomic E-state index is 0.291. The van der Waals surface area contributed by atoms with Crippen LogP contribution in [0.4, 0.5) is 0 Å². The number of amides is 1. The molecule has 2 rings (SSSR count). The first-order valence-electron chi connectivity index (χ1n) is 6.28. The number of hydrogen-bond acceptors (Lipinski definition) is 3. The number of carbonyl (C=O) groups excluding carboxylic acids is 1. The van der Waals surface area contributed by atoms with Crippen molar-refractivity contribution in [2.75, 3.05) is 0 Å². The van der Waals surface area contributed by atoms with Crippen molar-refractivity contribution in [1.29, 1.82) is 0 Å². The third kappa shape index (κ3) is 4.43. The second-order valence-electron chi connectivity index (χ2n) is 4.69. The highest BCUT2D eigenvalue weighted by Crippen LogP contribution is 2.23. The van der Waals surface area contributed by atoms with Gasteiger partial charge in [-0.05, 0) is 41.8 Å². The van der Waals surface area contributed by atoms with Gasteiger partial charge in [-0.3, -0.25) is 9.78 Å². The molecular formula is C15H14Cl2N2O2. The van der Waals surface area contributed by atoms with E-state index in [1.165, 1.54) is 18.2 Å². The molecule has 0 saturated carbocycles. The lowest BCUT2D eigenvalue weighted by molar-refractivity contribution is -0.129. The van der Waals surface area contributed by atoms with Gasteiger partial charge in [-0.1, -0.05) is 29.3 Å². The number of aromatic nitrogens is 1. The highest BCUT2D eigenvalue weighted by Gasteiger charge is 2.18. The van der Waals surface area contributed by atoms with Crippen LogP contribution >= 0.6 is 23.2 Å². The van der Waals surface area contributed by atoms with Crippen LogP contribution in [0.1, 0.15) is 22.8 Å². The van der Waals surface area contributed by atoms with Crippen LogP contribution in [-0.4, -0.2) is 16.0 Å². The van der Waals surface area contributed by atoms with Crippen LogP contribution in [0.2, 0.25) is 10.0 Å². The molecule has 21 heavy (non-hydrogen) atoms. The Hall–Kier alpha value is -1.62. The van der Waals surface area contributed by atoms with Gasteiger partial charge in [0, 0.05) is 29.0 Å². The quantitative estimate of drug-likeness (QED) is 0.908. The standard InChI is InChI=1S/C15H14Cl2N2O2/c1-9-2-10(7-18-6-9)8-19-15(21)14(20)11-3-12(16)5-13(17)4-11/h2-7,14,20H,8H2,1H3,(H,19,21)/t14-/m1/s1. The predicted octanol–water partition coefficient (Wildman–Crippen LogP) is 3.05. The van der Waals surface area contributed by atoms with Gasteiger partial charge < -0.3 is 10.4 Å². The molecule has 1 aromatic carbocycles. The first-order chi connectivity index (χ1) is 9.95. The molecular weight excluding hydrogens is 311 g/mol. The summed E-state index contributed by atoms with van der Waals surface area (Å²) < 4.78 is 0. The summed E-state index contributed by atoms with van der Waals surface area (Å²) >= 11 is 11.7. The van der Waals surface area contributed by atoms with Gasteiger partial charge in [-0.15, -0.1) is 0 Å². The number of pyridine rings is 1. The summed E-state index contributed by atoms with van der Waals surface area (Å²) in [4.78, 5) is 16.0. The lowest BCUT2D eigenvalue weighted by atomic mass is 10.1. The molecule has 0 radical (unpaired) electrons. The van der Waals surface area contributed by atoms with Crippen LogP contribution in [0.25, 0.3) is 0 Å². The van der Waals surface area contributed by atoms with Crippen LogP contribution < -0.4 is 5.32 Å².